The SMILES string of the molecule is CC(C)(C)OC(=O)N1CCN(C(=O)c2cc(-c3ccccc3)nc3ccccc23)CC1. The Morgan fingerprint density at radius 2 is 1.48 bits per heavy atom. The highest BCUT2D eigenvalue weighted by atomic mass is 16.6. The summed E-state index contributed by atoms with van der Waals surface area (Å²) in [5, 5.41) is 0.835. The topological polar surface area (TPSA) is 62.7 Å². The normalized spacial score (nSPS) is 14.5. The number of aromatic nitrogens is 1. The number of nitrogens with zero attached hydrogens (tertiary/aromatic N) is 3. The molecule has 2 aromatic carbocycles. The Balaban J connectivity index is 1.58. The summed E-state index contributed by atoms with van der Waals surface area (Å²) in [5.74, 6) is -0.0420. The van der Waals surface area contributed by atoms with Crippen LogP contribution in [0.1, 0.15) is 31.1 Å². The van der Waals surface area contributed by atoms with E-state index in [0.29, 0.717) is 31.7 Å². The van der Waals surface area contributed by atoms with Crippen molar-refractivity contribution < 1.29 is 14.3 Å². The Morgan fingerprint density at radius 1 is 0.871 bits per heavy atom. The van der Waals surface area contributed by atoms with Crippen molar-refractivity contribution in [3.8, 4) is 11.3 Å². The average molecular weight is 418 g/mol. The summed E-state index contributed by atoms with van der Waals surface area (Å²) in [6, 6.07) is 19.5. The highest BCUT2D eigenvalue weighted by Crippen LogP contribution is 2.26. The first-order valence-corrected chi connectivity index (χ1v) is 10.5. The van der Waals surface area contributed by atoms with Crippen LogP contribution >= 0.6 is 0 Å². The van der Waals surface area contributed by atoms with Gasteiger partial charge >= 0.3 is 6.09 Å². The van der Waals surface area contributed by atoms with Gasteiger partial charge in [-0.3, -0.25) is 4.79 Å². The van der Waals surface area contributed by atoms with Gasteiger partial charge in [-0.2, -0.15) is 0 Å². The third-order valence-corrected chi connectivity index (χ3v) is 5.23. The molecule has 1 saturated heterocycles. The van der Waals surface area contributed by atoms with Gasteiger partial charge in [0, 0.05) is 37.1 Å². The standard InChI is InChI=1S/C25H27N3O3/c1-25(2,3)31-24(30)28-15-13-27(14-16-28)23(29)20-17-22(18-9-5-4-6-10-18)26-21-12-8-7-11-19(20)21/h4-12,17H,13-16H2,1-3H3. The molecule has 160 valence electrons. The van der Waals surface area contributed by atoms with Gasteiger partial charge in [-0.1, -0.05) is 48.5 Å². The zero-order valence-corrected chi connectivity index (χ0v) is 18.2. The van der Waals surface area contributed by atoms with Gasteiger partial charge < -0.3 is 14.5 Å². The number of carbonyl (C=O) groups excluding carboxylic acids is 2. The van der Waals surface area contributed by atoms with Crippen LogP contribution in [0.25, 0.3) is 22.2 Å². The summed E-state index contributed by atoms with van der Waals surface area (Å²) in [7, 11) is 0. The van der Waals surface area contributed by atoms with Crippen molar-refractivity contribution in [3.63, 3.8) is 0 Å². The number of amides is 2. The molecule has 31 heavy (non-hydrogen) atoms. The maximum Gasteiger partial charge on any atom is 0.410 e. The number of fused-ring (bicyclic) bond motifs is 1. The fourth-order valence-electron chi connectivity index (χ4n) is 3.70. The lowest BCUT2D eigenvalue weighted by Crippen LogP contribution is -2.51. The molecule has 0 saturated carbocycles. The smallest absolute Gasteiger partial charge is 0.410 e. The van der Waals surface area contributed by atoms with Crippen molar-refractivity contribution in [1.82, 2.24) is 14.8 Å². The Kier molecular flexibility index (Phi) is 5.63. The number of para-hydroxylation sites is 1. The van der Waals surface area contributed by atoms with Crippen LogP contribution in [0, 0.1) is 0 Å². The third-order valence-electron chi connectivity index (χ3n) is 5.23. The van der Waals surface area contributed by atoms with E-state index in [2.05, 4.69) is 0 Å². The van der Waals surface area contributed by atoms with E-state index >= 15 is 0 Å². The Labute approximate surface area is 182 Å². The predicted molar refractivity (Wildman–Crippen MR) is 121 cm³/mol. The first kappa shape index (κ1) is 20.8. The number of carbonyl (C=O) groups is 2. The largest absolute Gasteiger partial charge is 0.444 e. The minimum Gasteiger partial charge on any atom is -0.444 e. The van der Waals surface area contributed by atoms with Gasteiger partial charge in [0.2, 0.25) is 0 Å². The minimum absolute atomic E-state index is 0.0420. The number of rotatable bonds is 2. The maximum atomic E-state index is 13.5. The second kappa shape index (κ2) is 8.38. The van der Waals surface area contributed by atoms with Crippen LogP contribution in [0.4, 0.5) is 4.79 Å². The number of piperazine rings is 1. The fraction of sp³-hybridized carbons (Fsp3) is 0.320. The van der Waals surface area contributed by atoms with Gasteiger partial charge in [0.25, 0.3) is 5.91 Å². The van der Waals surface area contributed by atoms with Crippen molar-refractivity contribution in [2.24, 2.45) is 0 Å². The number of hydrogen-bond acceptors (Lipinski definition) is 4. The monoisotopic (exact) mass is 417 g/mol. The summed E-state index contributed by atoms with van der Waals surface area (Å²) < 4.78 is 5.46. The van der Waals surface area contributed by atoms with Crippen molar-refractivity contribution >= 4 is 22.9 Å². The molecular weight excluding hydrogens is 390 g/mol. The first-order chi connectivity index (χ1) is 14.8. The molecule has 6 heteroatoms. The molecule has 1 aromatic heterocycles. The van der Waals surface area contributed by atoms with Crippen molar-refractivity contribution in [1.29, 1.82) is 0 Å². The lowest BCUT2D eigenvalue weighted by molar-refractivity contribution is 0.0141. The molecule has 0 unspecified atom stereocenters. The van der Waals surface area contributed by atoms with Crippen LogP contribution in [0.2, 0.25) is 0 Å². The number of ether oxygens (including phenoxy) is 1. The van der Waals surface area contributed by atoms with Crippen LogP contribution in [-0.2, 0) is 4.74 Å². The van der Waals surface area contributed by atoms with Gasteiger partial charge in [0.1, 0.15) is 5.60 Å². The molecule has 2 heterocycles. The Hall–Kier alpha value is -3.41. The second-order valence-corrected chi connectivity index (χ2v) is 8.70. The van der Waals surface area contributed by atoms with Gasteiger partial charge in [0.05, 0.1) is 16.8 Å². The molecule has 6 nitrogen and oxygen atoms in total. The lowest BCUT2D eigenvalue weighted by Gasteiger charge is -2.35. The van der Waals surface area contributed by atoms with Gasteiger partial charge in [0.15, 0.2) is 0 Å². The highest BCUT2D eigenvalue weighted by molar-refractivity contribution is 6.07. The van der Waals surface area contributed by atoms with Crippen molar-refractivity contribution in [3.05, 3.63) is 66.2 Å². The second-order valence-electron chi connectivity index (χ2n) is 8.70. The fourth-order valence-corrected chi connectivity index (χ4v) is 3.70. The molecule has 0 atom stereocenters. The molecular formula is C25H27N3O3. The molecule has 0 aliphatic carbocycles. The van der Waals surface area contributed by atoms with Gasteiger partial charge in [-0.05, 0) is 32.9 Å². The summed E-state index contributed by atoms with van der Waals surface area (Å²) in [6.45, 7) is 7.39. The van der Waals surface area contributed by atoms with Crippen molar-refractivity contribution in [2.45, 2.75) is 26.4 Å². The molecule has 1 fully saturated rings. The molecule has 4 rings (SSSR count). The third kappa shape index (κ3) is 4.68. The molecule has 1 aliphatic rings. The van der Waals surface area contributed by atoms with Gasteiger partial charge in [-0.25, -0.2) is 9.78 Å². The number of benzene rings is 2. The van der Waals surface area contributed by atoms with E-state index in [9.17, 15) is 9.59 Å². The van der Waals surface area contributed by atoms with Crippen LogP contribution in [0.15, 0.2) is 60.7 Å². The van der Waals surface area contributed by atoms with Gasteiger partial charge in [-0.15, -0.1) is 0 Å². The van der Waals surface area contributed by atoms with E-state index in [1.807, 2.05) is 81.4 Å². The quantitative estimate of drug-likeness (QED) is 0.612. The van der Waals surface area contributed by atoms with Crippen LogP contribution in [0.5, 0.6) is 0 Å². The summed E-state index contributed by atoms with van der Waals surface area (Å²) in [6.07, 6.45) is -0.333. The van der Waals surface area contributed by atoms with Crippen LogP contribution < -0.4 is 0 Å². The molecule has 1 aliphatic heterocycles. The van der Waals surface area contributed by atoms with E-state index in [1.165, 1.54) is 0 Å². The Bertz CT molecular complexity index is 1100. The molecule has 0 radical (unpaired) electrons. The molecule has 3 aromatic rings. The van der Waals surface area contributed by atoms with Crippen molar-refractivity contribution in [2.75, 3.05) is 26.2 Å². The van der Waals surface area contributed by atoms with Crippen LogP contribution in [-0.4, -0.2) is 58.6 Å². The van der Waals surface area contributed by atoms with E-state index in [0.717, 1.165) is 22.2 Å². The predicted octanol–water partition coefficient (Wildman–Crippen LogP) is 4.59. The highest BCUT2D eigenvalue weighted by Gasteiger charge is 2.29. The number of pyridine rings is 1. The maximum absolute atomic E-state index is 13.5. The van der Waals surface area contributed by atoms with E-state index in [4.69, 9.17) is 9.72 Å². The molecule has 0 N–H and O–H groups in total. The molecule has 2 amide bonds. The lowest BCUT2D eigenvalue weighted by atomic mass is 10.0. The summed E-state index contributed by atoms with van der Waals surface area (Å²) >= 11 is 0. The van der Waals surface area contributed by atoms with E-state index in [1.54, 1.807) is 9.80 Å². The molecule has 0 spiro atoms. The molecule has 0 bridgehead atoms. The van der Waals surface area contributed by atoms with Crippen LogP contribution in [0.3, 0.4) is 0 Å². The Morgan fingerprint density at radius 3 is 2.16 bits per heavy atom. The zero-order chi connectivity index (χ0) is 22.0. The first-order valence-electron chi connectivity index (χ1n) is 10.5. The minimum atomic E-state index is -0.534. The zero-order valence-electron chi connectivity index (χ0n) is 18.2. The number of hydrogen-bond donors (Lipinski definition) is 0. The summed E-state index contributed by atoms with van der Waals surface area (Å²) in [4.78, 5) is 34.0. The van der Waals surface area contributed by atoms with E-state index < -0.39 is 5.60 Å². The average Bonchev–Trinajstić information content (AvgIpc) is 2.77. The van der Waals surface area contributed by atoms with E-state index in [-0.39, 0.29) is 12.0 Å². The summed E-state index contributed by atoms with van der Waals surface area (Å²) in [5.41, 5.74) is 2.63.